The van der Waals surface area contributed by atoms with E-state index in [1.54, 1.807) is 18.3 Å². The van der Waals surface area contributed by atoms with Gasteiger partial charge in [-0.2, -0.15) is 9.36 Å². The summed E-state index contributed by atoms with van der Waals surface area (Å²) in [6.45, 7) is 7.83. The van der Waals surface area contributed by atoms with E-state index in [4.69, 9.17) is 0 Å². The fourth-order valence-electron chi connectivity index (χ4n) is 4.47. The molecule has 3 aromatic heterocycles. The van der Waals surface area contributed by atoms with Crippen LogP contribution in [0.1, 0.15) is 19.7 Å². The van der Waals surface area contributed by atoms with E-state index in [1.807, 2.05) is 6.92 Å². The molecule has 2 atom stereocenters. The van der Waals surface area contributed by atoms with Crippen molar-refractivity contribution in [1.82, 2.24) is 24.0 Å². The molecule has 0 amide bonds. The fraction of sp³-hybridized carbons (Fsp3) is 0.364. The summed E-state index contributed by atoms with van der Waals surface area (Å²) in [7, 11) is 0. The van der Waals surface area contributed by atoms with Crippen LogP contribution in [0.15, 0.2) is 30.5 Å². The summed E-state index contributed by atoms with van der Waals surface area (Å²) in [5.41, 5.74) is 0.616. The number of piperidine rings is 1. The number of rotatable bonds is 4. The third-order valence-corrected chi connectivity index (χ3v) is 6.88. The van der Waals surface area contributed by atoms with Crippen LogP contribution in [0.2, 0.25) is 0 Å². The van der Waals surface area contributed by atoms with Crippen molar-refractivity contribution in [2.24, 2.45) is 11.8 Å². The number of hydrogen-bond acceptors (Lipinski definition) is 7. The van der Waals surface area contributed by atoms with E-state index in [9.17, 15) is 13.2 Å². The summed E-state index contributed by atoms with van der Waals surface area (Å²) >= 11 is 1.41. The lowest BCUT2D eigenvalue weighted by Crippen LogP contribution is -2.50. The second-order valence-corrected chi connectivity index (χ2v) is 9.23. The molecule has 1 N–H and O–H groups in total. The van der Waals surface area contributed by atoms with Crippen LogP contribution in [0.25, 0.3) is 16.8 Å². The van der Waals surface area contributed by atoms with Gasteiger partial charge < -0.3 is 10.2 Å². The molecule has 0 unspecified atom stereocenters. The lowest BCUT2D eigenvalue weighted by atomic mass is 9.86. The maximum Gasteiger partial charge on any atom is 0.243 e. The average molecular weight is 474 g/mol. The van der Waals surface area contributed by atoms with Crippen LogP contribution in [0, 0.1) is 36.2 Å². The number of benzene rings is 1. The van der Waals surface area contributed by atoms with Gasteiger partial charge in [-0.05, 0) is 43.0 Å². The van der Waals surface area contributed by atoms with Gasteiger partial charge in [-0.3, -0.25) is 0 Å². The molecule has 0 aliphatic carbocycles. The number of aromatic nitrogens is 5. The molecular weight excluding hydrogens is 451 g/mol. The number of aryl methyl sites for hydroxylation is 1. The third kappa shape index (κ3) is 3.90. The quantitative estimate of drug-likeness (QED) is 0.439. The Morgan fingerprint density at radius 1 is 1.00 bits per heavy atom. The fourth-order valence-corrected chi connectivity index (χ4v) is 5.17. The summed E-state index contributed by atoms with van der Waals surface area (Å²) in [5, 5.41) is 8.84. The van der Waals surface area contributed by atoms with E-state index in [1.165, 1.54) is 22.1 Å². The van der Waals surface area contributed by atoms with Crippen LogP contribution in [0.3, 0.4) is 0 Å². The second-order valence-electron chi connectivity index (χ2n) is 8.50. The molecule has 0 bridgehead atoms. The Morgan fingerprint density at radius 2 is 1.76 bits per heavy atom. The number of halogens is 3. The summed E-state index contributed by atoms with van der Waals surface area (Å²) < 4.78 is 47.4. The molecule has 1 aliphatic heterocycles. The average Bonchev–Trinajstić information content (AvgIpc) is 3.40. The molecule has 4 aromatic rings. The maximum atomic E-state index is 14.4. The van der Waals surface area contributed by atoms with Crippen molar-refractivity contribution >= 4 is 28.3 Å². The smallest absolute Gasteiger partial charge is 0.243 e. The lowest BCUT2D eigenvalue weighted by molar-refractivity contribution is 0.317. The molecule has 7 nitrogen and oxygen atoms in total. The van der Waals surface area contributed by atoms with Gasteiger partial charge in [0.15, 0.2) is 23.1 Å². The predicted molar refractivity (Wildman–Crippen MR) is 121 cm³/mol. The standard InChI is InChI=1S/C22H22F3N7S/c1-11-9-31(22-26-13(3)30-33-22)10-12(2)19(11)27-21-28-20-15(5-4-8-32(20)29-21)14-6-7-16(23)18(25)17(14)24/h4-8,11-12,19H,9-10H2,1-3H3,(H,27,29)/t11-,12-/m1/s1. The number of fused-ring (bicyclic) bond motifs is 1. The van der Waals surface area contributed by atoms with Gasteiger partial charge in [0.25, 0.3) is 0 Å². The molecule has 1 fully saturated rings. The van der Waals surface area contributed by atoms with Crippen LogP contribution < -0.4 is 10.2 Å². The zero-order chi connectivity index (χ0) is 23.3. The van der Waals surface area contributed by atoms with E-state index in [2.05, 4.69) is 43.5 Å². The van der Waals surface area contributed by atoms with Crippen molar-refractivity contribution in [1.29, 1.82) is 0 Å². The molecule has 11 heteroatoms. The van der Waals surface area contributed by atoms with Crippen LogP contribution in [-0.4, -0.2) is 43.1 Å². The normalized spacial score (nSPS) is 19.4. The maximum absolute atomic E-state index is 14.4. The zero-order valence-electron chi connectivity index (χ0n) is 18.3. The number of anilines is 2. The van der Waals surface area contributed by atoms with E-state index in [-0.39, 0.29) is 23.4 Å². The van der Waals surface area contributed by atoms with Crippen molar-refractivity contribution in [3.63, 3.8) is 0 Å². The minimum absolute atomic E-state index is 0.0687. The molecule has 1 aromatic carbocycles. The molecule has 1 aliphatic rings. The van der Waals surface area contributed by atoms with Crippen molar-refractivity contribution in [2.45, 2.75) is 26.8 Å². The van der Waals surface area contributed by atoms with Crippen molar-refractivity contribution in [3.05, 3.63) is 53.7 Å². The first-order valence-electron chi connectivity index (χ1n) is 10.6. The van der Waals surface area contributed by atoms with Gasteiger partial charge in [0.05, 0.1) is 0 Å². The van der Waals surface area contributed by atoms with Crippen LogP contribution >= 0.6 is 11.5 Å². The summed E-state index contributed by atoms with van der Waals surface area (Å²) in [6.07, 6.45) is 1.68. The van der Waals surface area contributed by atoms with Crippen LogP contribution in [0.5, 0.6) is 0 Å². The second kappa shape index (κ2) is 8.29. The first-order valence-corrected chi connectivity index (χ1v) is 11.4. The minimum Gasteiger partial charge on any atom is -0.350 e. The zero-order valence-corrected chi connectivity index (χ0v) is 19.1. The van der Waals surface area contributed by atoms with Gasteiger partial charge in [0.2, 0.25) is 11.1 Å². The minimum atomic E-state index is -1.51. The highest BCUT2D eigenvalue weighted by Crippen LogP contribution is 2.31. The lowest BCUT2D eigenvalue weighted by Gasteiger charge is -2.41. The SMILES string of the molecule is Cc1nsc(N2C[C@@H](C)C(Nc3nc4c(-c5ccc(F)c(F)c5F)cccn4n3)[C@H](C)C2)n1. The Labute approximate surface area is 192 Å². The Hall–Kier alpha value is -3.21. The van der Waals surface area contributed by atoms with Crippen molar-refractivity contribution in [2.75, 3.05) is 23.3 Å². The Bertz CT molecular complexity index is 1310. The number of pyridine rings is 1. The molecular formula is C22H22F3N7S. The highest BCUT2D eigenvalue weighted by molar-refractivity contribution is 7.09. The van der Waals surface area contributed by atoms with Gasteiger partial charge in [0.1, 0.15) is 5.82 Å². The van der Waals surface area contributed by atoms with Crippen molar-refractivity contribution in [3.8, 4) is 11.1 Å². The number of nitrogens with one attached hydrogen (secondary N) is 1. The number of hydrogen-bond donors (Lipinski definition) is 1. The third-order valence-electron chi connectivity index (χ3n) is 6.01. The Balaban J connectivity index is 1.41. The molecule has 5 rings (SSSR count). The molecule has 0 spiro atoms. The molecule has 33 heavy (non-hydrogen) atoms. The highest BCUT2D eigenvalue weighted by Gasteiger charge is 2.34. The first kappa shape index (κ1) is 21.6. The molecule has 0 radical (unpaired) electrons. The molecule has 0 saturated carbocycles. The van der Waals surface area contributed by atoms with Crippen LogP contribution in [0.4, 0.5) is 24.3 Å². The Kier molecular flexibility index (Phi) is 5.43. The summed E-state index contributed by atoms with van der Waals surface area (Å²) in [5.74, 6) is -2.27. The molecule has 1 saturated heterocycles. The van der Waals surface area contributed by atoms with E-state index in [0.717, 1.165) is 30.1 Å². The predicted octanol–water partition coefficient (Wildman–Crippen LogP) is 4.55. The van der Waals surface area contributed by atoms with Crippen molar-refractivity contribution < 1.29 is 13.2 Å². The first-order chi connectivity index (χ1) is 15.8. The number of nitrogens with zero attached hydrogens (tertiary/aromatic N) is 6. The van der Waals surface area contributed by atoms with Gasteiger partial charge in [-0.25, -0.2) is 22.7 Å². The topological polar surface area (TPSA) is 71.2 Å². The molecule has 4 heterocycles. The van der Waals surface area contributed by atoms with Crippen LogP contribution in [-0.2, 0) is 0 Å². The van der Waals surface area contributed by atoms with Gasteiger partial charge in [0, 0.05) is 48.0 Å². The van der Waals surface area contributed by atoms with Gasteiger partial charge >= 0.3 is 0 Å². The van der Waals surface area contributed by atoms with Gasteiger partial charge in [-0.15, -0.1) is 5.10 Å². The highest BCUT2D eigenvalue weighted by atomic mass is 32.1. The summed E-state index contributed by atoms with van der Waals surface area (Å²) in [4.78, 5) is 11.3. The summed E-state index contributed by atoms with van der Waals surface area (Å²) in [6, 6.07) is 5.49. The van der Waals surface area contributed by atoms with E-state index in [0.29, 0.717) is 17.2 Å². The Morgan fingerprint density at radius 3 is 2.45 bits per heavy atom. The molecule has 172 valence electrons. The van der Waals surface area contributed by atoms with E-state index < -0.39 is 17.5 Å². The van der Waals surface area contributed by atoms with Gasteiger partial charge in [-0.1, -0.05) is 13.8 Å². The largest absolute Gasteiger partial charge is 0.350 e. The van der Waals surface area contributed by atoms with E-state index >= 15 is 0 Å². The monoisotopic (exact) mass is 473 g/mol.